The molecule has 21 heavy (non-hydrogen) atoms. The Kier molecular flexibility index (Phi) is 4.73. The highest BCUT2D eigenvalue weighted by Gasteiger charge is 2.19. The van der Waals surface area contributed by atoms with Crippen LogP contribution in [0.1, 0.15) is 5.89 Å². The first-order chi connectivity index (χ1) is 9.91. The molecule has 1 aromatic carbocycles. The molecule has 0 spiro atoms. The van der Waals surface area contributed by atoms with Gasteiger partial charge in [0.05, 0.1) is 10.7 Å². The number of hydrogen-bond donors (Lipinski definition) is 1. The van der Waals surface area contributed by atoms with Crippen LogP contribution in [-0.4, -0.2) is 22.2 Å². The van der Waals surface area contributed by atoms with E-state index in [4.69, 9.17) is 10.0 Å². The quantitative estimate of drug-likeness (QED) is 0.481. The van der Waals surface area contributed by atoms with Crippen molar-refractivity contribution in [3.63, 3.8) is 0 Å². The molecule has 1 atom stereocenters. The van der Waals surface area contributed by atoms with Gasteiger partial charge in [-0.25, -0.2) is 0 Å². The van der Waals surface area contributed by atoms with Crippen molar-refractivity contribution in [2.45, 2.75) is 5.75 Å². The number of rotatable bonds is 6. The Bertz CT molecular complexity index is 706. The number of benzene rings is 1. The number of nitrogens with two attached hydrogens (primary N) is 1. The third-order valence-corrected chi connectivity index (χ3v) is 5.56. The Balaban J connectivity index is 2.15. The van der Waals surface area contributed by atoms with Gasteiger partial charge in [-0.2, -0.15) is 4.98 Å². The first-order valence-electron chi connectivity index (χ1n) is 5.57. The molecule has 2 aromatic rings. The van der Waals surface area contributed by atoms with Crippen LogP contribution in [0.4, 0.5) is 5.69 Å². The average molecular weight is 330 g/mol. The van der Waals surface area contributed by atoms with E-state index in [2.05, 4.69) is 14.7 Å². The number of nitro benzene ring substituents is 1. The topological polar surface area (TPSA) is 134 Å². The summed E-state index contributed by atoms with van der Waals surface area (Å²) in [7, 11) is 1.25. The summed E-state index contributed by atoms with van der Waals surface area (Å²) in [5, 5.41) is 14.4. The van der Waals surface area contributed by atoms with Crippen LogP contribution in [0.25, 0.3) is 11.4 Å². The first-order valence-corrected chi connectivity index (χ1v) is 8.86. The summed E-state index contributed by atoms with van der Waals surface area (Å²) in [5.41, 5.74) is 5.75. The summed E-state index contributed by atoms with van der Waals surface area (Å²) in [5.74, 6) is 0.520. The van der Waals surface area contributed by atoms with Gasteiger partial charge in [0, 0.05) is 24.8 Å². The zero-order chi connectivity index (χ0) is 15.5. The van der Waals surface area contributed by atoms with Crippen LogP contribution in [0.5, 0.6) is 0 Å². The van der Waals surface area contributed by atoms with Gasteiger partial charge in [-0.1, -0.05) is 17.3 Å². The molecule has 112 valence electrons. The predicted molar refractivity (Wildman–Crippen MR) is 76.5 cm³/mol. The molecule has 2 rings (SSSR count). The Hall–Kier alpha value is -1.74. The zero-order valence-corrected chi connectivity index (χ0v) is 12.5. The molecule has 2 N–H and O–H groups in total. The summed E-state index contributed by atoms with van der Waals surface area (Å²) >= 11 is 0.855. The van der Waals surface area contributed by atoms with E-state index in [1.165, 1.54) is 25.3 Å². The maximum absolute atomic E-state index is 11.5. The van der Waals surface area contributed by atoms with Crippen molar-refractivity contribution in [1.29, 1.82) is 0 Å². The smallest absolute Gasteiger partial charge is 0.324 e. The van der Waals surface area contributed by atoms with E-state index in [1.807, 2.05) is 0 Å². The Morgan fingerprint density at radius 3 is 3.00 bits per heavy atom. The van der Waals surface area contributed by atoms with Crippen molar-refractivity contribution < 1.29 is 18.5 Å². The lowest BCUT2D eigenvalue weighted by Crippen LogP contribution is -1.93. The molecule has 0 aliphatic rings. The molecule has 1 unspecified atom stereocenters. The summed E-state index contributed by atoms with van der Waals surface area (Å²) in [4.78, 5) is 14.3. The van der Waals surface area contributed by atoms with Crippen LogP contribution in [0.3, 0.4) is 0 Å². The van der Waals surface area contributed by atoms with Crippen LogP contribution in [0, 0.1) is 10.1 Å². The maximum atomic E-state index is 11.5. The van der Waals surface area contributed by atoms with Crippen molar-refractivity contribution in [2.24, 2.45) is 5.50 Å². The van der Waals surface area contributed by atoms with E-state index < -0.39 is 11.6 Å². The lowest BCUT2D eigenvalue weighted by atomic mass is 10.2. The van der Waals surface area contributed by atoms with Crippen molar-refractivity contribution >= 4 is 23.8 Å². The summed E-state index contributed by atoms with van der Waals surface area (Å²) in [6.45, 7) is -3.22. The Morgan fingerprint density at radius 1 is 1.57 bits per heavy atom. The average Bonchev–Trinajstić information content (AvgIpc) is 2.94. The van der Waals surface area contributed by atoms with Crippen LogP contribution in [-0.2, 0) is 14.8 Å². The van der Waals surface area contributed by atoms with Crippen LogP contribution < -0.4 is 5.50 Å². The molecule has 0 saturated heterocycles. The highest BCUT2D eigenvalue weighted by Crippen LogP contribution is 2.52. The molecule has 0 radical (unpaired) electrons. The van der Waals surface area contributed by atoms with Gasteiger partial charge in [-0.05, 0) is 11.4 Å². The summed E-state index contributed by atoms with van der Waals surface area (Å²) < 4.78 is 21.1. The molecule has 0 bridgehead atoms. The molecule has 0 saturated carbocycles. The highest BCUT2D eigenvalue weighted by molar-refractivity contribution is 8.55. The third kappa shape index (κ3) is 4.11. The second-order valence-corrected chi connectivity index (χ2v) is 8.11. The molecular formula is C10H11N4O5PS. The van der Waals surface area contributed by atoms with E-state index in [0.717, 1.165) is 11.4 Å². The SMILES string of the molecule is COP(N)(=O)SCc1nc(-c2cccc([N+](=O)[O-])c2)no1. The molecule has 0 aliphatic carbocycles. The van der Waals surface area contributed by atoms with Crippen LogP contribution in [0.15, 0.2) is 28.8 Å². The minimum Gasteiger partial charge on any atom is -0.338 e. The fraction of sp³-hybridized carbons (Fsp3) is 0.200. The van der Waals surface area contributed by atoms with Gasteiger partial charge in [0.1, 0.15) is 0 Å². The van der Waals surface area contributed by atoms with E-state index in [0.29, 0.717) is 5.56 Å². The number of aromatic nitrogens is 2. The van der Waals surface area contributed by atoms with Crippen LogP contribution >= 0.6 is 18.1 Å². The van der Waals surface area contributed by atoms with Crippen molar-refractivity contribution in [3.8, 4) is 11.4 Å². The number of nitro groups is 1. The van der Waals surface area contributed by atoms with Gasteiger partial charge in [0.15, 0.2) is 0 Å². The standard InChI is InChI=1S/C10H11N4O5PS/c1-18-20(11,17)21-6-9-12-10(13-19-9)7-3-2-4-8(5-7)14(15)16/h2-5H,6H2,1H3,(H2,11,17). The molecule has 1 heterocycles. The van der Waals surface area contributed by atoms with E-state index in [-0.39, 0.29) is 23.2 Å². The van der Waals surface area contributed by atoms with Crippen molar-refractivity contribution in [3.05, 3.63) is 40.3 Å². The second-order valence-electron chi connectivity index (χ2n) is 3.82. The van der Waals surface area contributed by atoms with Gasteiger partial charge in [-0.3, -0.25) is 20.2 Å². The summed E-state index contributed by atoms with van der Waals surface area (Å²) in [6.07, 6.45) is 0. The second kappa shape index (κ2) is 6.35. The van der Waals surface area contributed by atoms with Gasteiger partial charge >= 0.3 is 6.72 Å². The van der Waals surface area contributed by atoms with E-state index >= 15 is 0 Å². The van der Waals surface area contributed by atoms with Gasteiger partial charge in [0.2, 0.25) is 11.7 Å². The molecule has 1 aromatic heterocycles. The molecule has 0 aliphatic heterocycles. The minimum absolute atomic E-state index is 0.0703. The Morgan fingerprint density at radius 2 is 2.33 bits per heavy atom. The number of nitrogens with zero attached hydrogens (tertiary/aromatic N) is 3. The lowest BCUT2D eigenvalue weighted by Gasteiger charge is -2.06. The zero-order valence-electron chi connectivity index (χ0n) is 10.8. The first kappa shape index (κ1) is 15.6. The van der Waals surface area contributed by atoms with Gasteiger partial charge < -0.3 is 9.05 Å². The normalized spacial score (nSPS) is 13.8. The maximum Gasteiger partial charge on any atom is 0.324 e. The lowest BCUT2D eigenvalue weighted by molar-refractivity contribution is -0.384. The fourth-order valence-corrected chi connectivity index (χ4v) is 3.09. The van der Waals surface area contributed by atoms with Crippen molar-refractivity contribution in [1.82, 2.24) is 10.1 Å². The summed E-state index contributed by atoms with van der Waals surface area (Å²) in [6, 6.07) is 5.85. The van der Waals surface area contributed by atoms with Crippen LogP contribution in [0.2, 0.25) is 0 Å². The predicted octanol–water partition coefficient (Wildman–Crippen LogP) is 2.59. The van der Waals surface area contributed by atoms with Gasteiger partial charge in [0.25, 0.3) is 5.69 Å². The van der Waals surface area contributed by atoms with E-state index in [1.54, 1.807) is 6.07 Å². The Labute approximate surface area is 123 Å². The van der Waals surface area contributed by atoms with Gasteiger partial charge in [-0.15, -0.1) is 0 Å². The molecule has 0 amide bonds. The third-order valence-electron chi connectivity index (χ3n) is 2.41. The highest BCUT2D eigenvalue weighted by atomic mass is 32.7. The number of hydrogen-bond acceptors (Lipinski definition) is 8. The monoisotopic (exact) mass is 330 g/mol. The van der Waals surface area contributed by atoms with E-state index in [9.17, 15) is 14.7 Å². The fourth-order valence-electron chi connectivity index (χ4n) is 1.39. The van der Waals surface area contributed by atoms with Crippen molar-refractivity contribution in [2.75, 3.05) is 7.11 Å². The molecule has 11 heteroatoms. The minimum atomic E-state index is -3.22. The largest absolute Gasteiger partial charge is 0.338 e. The number of non-ortho nitro benzene ring substituents is 1. The molecule has 0 fully saturated rings. The molecular weight excluding hydrogens is 319 g/mol. The molecule has 9 nitrogen and oxygen atoms in total.